The number of hydrogen-bond acceptors (Lipinski definition) is 3. The SMILES string of the molecule is CC(N)Cc1cc(F)c(OC(C)C(=O)NC(C)C)c(F)c1. The first-order chi connectivity index (χ1) is 9.70. The third-order valence-electron chi connectivity index (χ3n) is 2.71. The number of hydrogen-bond donors (Lipinski definition) is 2. The molecule has 6 heteroatoms. The second-order valence-corrected chi connectivity index (χ2v) is 5.49. The lowest BCUT2D eigenvalue weighted by atomic mass is 10.1. The van der Waals surface area contributed by atoms with Crippen LogP contribution in [0.15, 0.2) is 12.1 Å². The van der Waals surface area contributed by atoms with Gasteiger partial charge in [0.25, 0.3) is 5.91 Å². The molecule has 118 valence electrons. The highest BCUT2D eigenvalue weighted by Crippen LogP contribution is 2.25. The maximum Gasteiger partial charge on any atom is 0.260 e. The minimum atomic E-state index is -0.990. The Hall–Kier alpha value is -1.69. The maximum absolute atomic E-state index is 13.9. The fraction of sp³-hybridized carbons (Fsp3) is 0.533. The Morgan fingerprint density at radius 1 is 1.24 bits per heavy atom. The van der Waals surface area contributed by atoms with Gasteiger partial charge in [0.15, 0.2) is 23.5 Å². The highest BCUT2D eigenvalue weighted by atomic mass is 19.1. The molecule has 0 fully saturated rings. The van der Waals surface area contributed by atoms with Crippen molar-refractivity contribution < 1.29 is 18.3 Å². The van der Waals surface area contributed by atoms with E-state index in [0.717, 1.165) is 0 Å². The highest BCUT2D eigenvalue weighted by Gasteiger charge is 2.20. The van der Waals surface area contributed by atoms with Gasteiger partial charge in [-0.05, 0) is 51.8 Å². The summed E-state index contributed by atoms with van der Waals surface area (Å²) < 4.78 is 32.9. The van der Waals surface area contributed by atoms with Crippen molar-refractivity contribution in [1.82, 2.24) is 5.32 Å². The number of nitrogens with one attached hydrogen (secondary N) is 1. The number of carbonyl (C=O) groups is 1. The molecule has 2 atom stereocenters. The number of halogens is 2. The highest BCUT2D eigenvalue weighted by molar-refractivity contribution is 5.80. The summed E-state index contributed by atoms with van der Waals surface area (Å²) in [5.74, 6) is -2.65. The van der Waals surface area contributed by atoms with Crippen LogP contribution in [0.3, 0.4) is 0 Å². The second kappa shape index (κ2) is 7.36. The molecule has 0 heterocycles. The molecule has 2 unspecified atom stereocenters. The zero-order chi connectivity index (χ0) is 16.2. The Morgan fingerprint density at radius 3 is 2.19 bits per heavy atom. The lowest BCUT2D eigenvalue weighted by molar-refractivity contribution is -0.127. The van der Waals surface area contributed by atoms with E-state index in [-0.39, 0.29) is 12.1 Å². The van der Waals surface area contributed by atoms with Gasteiger partial charge in [0.05, 0.1) is 0 Å². The van der Waals surface area contributed by atoms with E-state index in [4.69, 9.17) is 10.5 Å². The third-order valence-corrected chi connectivity index (χ3v) is 2.71. The monoisotopic (exact) mass is 300 g/mol. The molecule has 0 aliphatic rings. The Balaban J connectivity index is 2.86. The van der Waals surface area contributed by atoms with E-state index < -0.39 is 29.4 Å². The molecule has 0 bridgehead atoms. The molecule has 0 aromatic heterocycles. The van der Waals surface area contributed by atoms with Crippen molar-refractivity contribution in [3.8, 4) is 5.75 Å². The smallest absolute Gasteiger partial charge is 0.260 e. The minimum absolute atomic E-state index is 0.0772. The fourth-order valence-corrected chi connectivity index (χ4v) is 1.85. The molecule has 0 spiro atoms. The van der Waals surface area contributed by atoms with Crippen LogP contribution in [-0.4, -0.2) is 24.1 Å². The van der Waals surface area contributed by atoms with Crippen LogP contribution >= 0.6 is 0 Å². The van der Waals surface area contributed by atoms with Gasteiger partial charge in [0.1, 0.15) is 0 Å². The summed E-state index contributed by atoms with van der Waals surface area (Å²) in [6.07, 6.45) is -0.631. The Labute approximate surface area is 123 Å². The van der Waals surface area contributed by atoms with Crippen molar-refractivity contribution in [3.05, 3.63) is 29.3 Å². The molecular formula is C15H22F2N2O2. The molecule has 3 N–H and O–H groups in total. The van der Waals surface area contributed by atoms with Gasteiger partial charge < -0.3 is 15.8 Å². The van der Waals surface area contributed by atoms with Gasteiger partial charge in [-0.3, -0.25) is 4.79 Å². The summed E-state index contributed by atoms with van der Waals surface area (Å²) in [6, 6.07) is 2.07. The molecule has 0 saturated carbocycles. The second-order valence-electron chi connectivity index (χ2n) is 5.49. The van der Waals surface area contributed by atoms with Crippen LogP contribution in [-0.2, 0) is 11.2 Å². The summed E-state index contributed by atoms with van der Waals surface area (Å²) in [5, 5.41) is 2.61. The van der Waals surface area contributed by atoms with Gasteiger partial charge in [0.2, 0.25) is 0 Å². The first-order valence-electron chi connectivity index (χ1n) is 6.91. The minimum Gasteiger partial charge on any atom is -0.475 e. The van der Waals surface area contributed by atoms with E-state index in [1.807, 2.05) is 0 Å². The van der Waals surface area contributed by atoms with E-state index >= 15 is 0 Å². The largest absolute Gasteiger partial charge is 0.475 e. The first kappa shape index (κ1) is 17.4. The van der Waals surface area contributed by atoms with Crippen LogP contribution in [0.1, 0.15) is 33.3 Å². The Bertz CT molecular complexity index is 481. The van der Waals surface area contributed by atoms with Crippen molar-refractivity contribution in [2.45, 2.75) is 52.3 Å². The standard InChI is InChI=1S/C15H22F2N2O2/c1-8(2)19-15(20)10(4)21-14-12(16)6-11(5-9(3)18)7-13(14)17/h6-10H,5,18H2,1-4H3,(H,19,20). The lowest BCUT2D eigenvalue weighted by Crippen LogP contribution is -2.40. The molecule has 0 aliphatic heterocycles. The van der Waals surface area contributed by atoms with Gasteiger partial charge in [-0.2, -0.15) is 0 Å². The zero-order valence-electron chi connectivity index (χ0n) is 12.7. The summed E-state index contributed by atoms with van der Waals surface area (Å²) in [6.45, 7) is 6.76. The quantitative estimate of drug-likeness (QED) is 0.846. The molecule has 0 radical (unpaired) electrons. The molecule has 1 aromatic rings. The number of carbonyl (C=O) groups excluding carboxylic acids is 1. The van der Waals surface area contributed by atoms with Gasteiger partial charge >= 0.3 is 0 Å². The summed E-state index contributed by atoms with van der Waals surface area (Å²) in [7, 11) is 0. The van der Waals surface area contributed by atoms with Gasteiger partial charge in [-0.15, -0.1) is 0 Å². The molecule has 0 aliphatic carbocycles. The average molecular weight is 300 g/mol. The Morgan fingerprint density at radius 2 is 1.76 bits per heavy atom. The number of nitrogens with two attached hydrogens (primary N) is 1. The number of amides is 1. The van der Waals surface area contributed by atoms with Crippen molar-refractivity contribution in [2.75, 3.05) is 0 Å². The summed E-state index contributed by atoms with van der Waals surface area (Å²) >= 11 is 0. The molecule has 1 aromatic carbocycles. The maximum atomic E-state index is 13.9. The fourth-order valence-electron chi connectivity index (χ4n) is 1.85. The molecule has 0 saturated heterocycles. The third kappa shape index (κ3) is 5.30. The topological polar surface area (TPSA) is 64.3 Å². The van der Waals surface area contributed by atoms with Crippen LogP contribution in [0.4, 0.5) is 8.78 Å². The first-order valence-corrected chi connectivity index (χ1v) is 6.91. The molecule has 4 nitrogen and oxygen atoms in total. The molecular weight excluding hydrogens is 278 g/mol. The van der Waals surface area contributed by atoms with E-state index in [2.05, 4.69) is 5.32 Å². The van der Waals surface area contributed by atoms with Gasteiger partial charge in [-0.25, -0.2) is 8.78 Å². The van der Waals surface area contributed by atoms with Crippen LogP contribution in [0, 0.1) is 11.6 Å². The molecule has 1 rings (SSSR count). The van der Waals surface area contributed by atoms with Gasteiger partial charge in [0, 0.05) is 12.1 Å². The van der Waals surface area contributed by atoms with Crippen molar-refractivity contribution in [2.24, 2.45) is 5.73 Å². The van der Waals surface area contributed by atoms with Crippen molar-refractivity contribution in [1.29, 1.82) is 0 Å². The molecule has 21 heavy (non-hydrogen) atoms. The van der Waals surface area contributed by atoms with E-state index in [0.29, 0.717) is 12.0 Å². The lowest BCUT2D eigenvalue weighted by Gasteiger charge is -2.18. The van der Waals surface area contributed by atoms with E-state index in [9.17, 15) is 13.6 Å². The van der Waals surface area contributed by atoms with Gasteiger partial charge in [-0.1, -0.05) is 0 Å². The van der Waals surface area contributed by atoms with E-state index in [1.165, 1.54) is 19.1 Å². The average Bonchev–Trinajstić information content (AvgIpc) is 2.31. The Kier molecular flexibility index (Phi) is 6.08. The summed E-state index contributed by atoms with van der Waals surface area (Å²) in [5.41, 5.74) is 6.05. The molecule has 1 amide bonds. The van der Waals surface area contributed by atoms with Crippen LogP contribution in [0.5, 0.6) is 5.75 Å². The number of rotatable bonds is 6. The number of benzene rings is 1. The zero-order valence-corrected chi connectivity index (χ0v) is 12.7. The van der Waals surface area contributed by atoms with Crippen molar-refractivity contribution in [3.63, 3.8) is 0 Å². The van der Waals surface area contributed by atoms with E-state index in [1.54, 1.807) is 20.8 Å². The normalized spacial score (nSPS) is 13.9. The predicted octanol–water partition coefficient (Wildman–Crippen LogP) is 2.15. The van der Waals surface area contributed by atoms with Crippen LogP contribution in [0.2, 0.25) is 0 Å². The van der Waals surface area contributed by atoms with Crippen LogP contribution in [0.25, 0.3) is 0 Å². The van der Waals surface area contributed by atoms with Crippen LogP contribution < -0.4 is 15.8 Å². The predicted molar refractivity (Wildman–Crippen MR) is 77.1 cm³/mol. The van der Waals surface area contributed by atoms with Crippen molar-refractivity contribution >= 4 is 5.91 Å². The number of ether oxygens (including phenoxy) is 1. The summed E-state index contributed by atoms with van der Waals surface area (Å²) in [4.78, 5) is 11.7.